The van der Waals surface area contributed by atoms with E-state index in [1.807, 2.05) is 72.8 Å². The van der Waals surface area contributed by atoms with Crippen LogP contribution in [0.15, 0.2) is 109 Å². The Morgan fingerprint density at radius 3 is 2.06 bits per heavy atom. The molecule has 4 aromatic rings. The molecular weight excluding hydrogens is 382 g/mol. The predicted octanol–water partition coefficient (Wildman–Crippen LogP) is 5.71. The second kappa shape index (κ2) is 8.00. The van der Waals surface area contributed by atoms with Crippen molar-refractivity contribution in [2.45, 2.75) is 11.8 Å². The molecule has 1 aromatic heterocycles. The molecule has 0 saturated carbocycles. The van der Waals surface area contributed by atoms with E-state index in [9.17, 15) is 5.11 Å². The molecule has 1 aliphatic rings. The number of phenols is 1. The summed E-state index contributed by atoms with van der Waals surface area (Å²) in [4.78, 5) is 14.6. The van der Waals surface area contributed by atoms with Crippen LogP contribution in [0, 0.1) is 0 Å². The van der Waals surface area contributed by atoms with Crippen LogP contribution in [-0.4, -0.2) is 20.1 Å². The Morgan fingerprint density at radius 2 is 1.35 bits per heavy atom. The molecule has 0 radical (unpaired) electrons. The maximum absolute atomic E-state index is 10.5. The second-order valence-corrected chi connectivity index (χ2v) is 7.52. The van der Waals surface area contributed by atoms with Crippen molar-refractivity contribution in [2.75, 3.05) is 0 Å². The van der Waals surface area contributed by atoms with Crippen molar-refractivity contribution in [3.8, 4) is 28.5 Å². The van der Waals surface area contributed by atoms with E-state index in [2.05, 4.69) is 24.3 Å². The smallest absolute Gasteiger partial charge is 0.167 e. The number of aromatic hydroxyl groups is 1. The highest BCUT2D eigenvalue weighted by Crippen LogP contribution is 2.39. The van der Waals surface area contributed by atoms with Crippen molar-refractivity contribution in [3.05, 3.63) is 121 Å². The summed E-state index contributed by atoms with van der Waals surface area (Å²) in [5.74, 6) is 1.85. The average molecular weight is 403 g/mol. The van der Waals surface area contributed by atoms with E-state index in [0.29, 0.717) is 23.0 Å². The third kappa shape index (κ3) is 3.53. The Hall–Kier alpha value is -4.05. The molecule has 1 unspecified atom stereocenters. The van der Waals surface area contributed by atoms with Crippen molar-refractivity contribution in [3.63, 3.8) is 0 Å². The topological polar surface area (TPSA) is 58.9 Å². The number of allylic oxidation sites excluding steroid dienone is 4. The van der Waals surface area contributed by atoms with E-state index in [4.69, 9.17) is 15.0 Å². The standard InChI is InChI=1S/C27H21N3O/c31-23-17-9-8-16-22(23)25-28-24(20-12-4-1-5-13-20)29-26(30-25)27(18-10-3-11-19-27)21-14-6-2-7-15-21/h1-18,31H,19H2. The molecule has 1 atom stereocenters. The third-order valence-corrected chi connectivity index (χ3v) is 5.57. The largest absolute Gasteiger partial charge is 0.507 e. The van der Waals surface area contributed by atoms with Crippen molar-refractivity contribution >= 4 is 0 Å². The van der Waals surface area contributed by atoms with Gasteiger partial charge in [0.25, 0.3) is 0 Å². The van der Waals surface area contributed by atoms with E-state index in [1.54, 1.807) is 12.1 Å². The van der Waals surface area contributed by atoms with Gasteiger partial charge in [-0.3, -0.25) is 0 Å². The van der Waals surface area contributed by atoms with Crippen molar-refractivity contribution in [2.24, 2.45) is 0 Å². The molecule has 0 fully saturated rings. The van der Waals surface area contributed by atoms with Crippen LogP contribution in [0.1, 0.15) is 17.8 Å². The number of rotatable bonds is 4. The van der Waals surface area contributed by atoms with Gasteiger partial charge in [-0.05, 0) is 24.1 Å². The molecule has 1 N–H and O–H groups in total. The number of hydrogen-bond acceptors (Lipinski definition) is 4. The summed E-state index contributed by atoms with van der Waals surface area (Å²) < 4.78 is 0. The van der Waals surface area contributed by atoms with Gasteiger partial charge in [0.15, 0.2) is 11.6 Å². The van der Waals surface area contributed by atoms with Gasteiger partial charge in [-0.15, -0.1) is 0 Å². The van der Waals surface area contributed by atoms with Crippen LogP contribution >= 0.6 is 0 Å². The van der Waals surface area contributed by atoms with Gasteiger partial charge in [0, 0.05) is 5.56 Å². The minimum Gasteiger partial charge on any atom is -0.507 e. The van der Waals surface area contributed by atoms with Crippen LogP contribution in [0.5, 0.6) is 5.75 Å². The molecule has 1 aliphatic carbocycles. The van der Waals surface area contributed by atoms with Crippen LogP contribution in [0.3, 0.4) is 0 Å². The van der Waals surface area contributed by atoms with Crippen LogP contribution < -0.4 is 0 Å². The summed E-state index contributed by atoms with van der Waals surface area (Å²) in [5, 5.41) is 10.5. The van der Waals surface area contributed by atoms with Gasteiger partial charge >= 0.3 is 0 Å². The normalized spacial score (nSPS) is 17.5. The number of phenolic OH excluding ortho intramolecular Hbond substituents is 1. The summed E-state index contributed by atoms with van der Waals surface area (Å²) >= 11 is 0. The average Bonchev–Trinajstić information content (AvgIpc) is 2.85. The summed E-state index contributed by atoms with van der Waals surface area (Å²) in [7, 11) is 0. The SMILES string of the molecule is Oc1ccccc1-c1nc(-c2ccccc2)nc(C2(c3ccccc3)C=CC=CC2)n1. The van der Waals surface area contributed by atoms with Gasteiger partial charge in [0.1, 0.15) is 11.6 Å². The zero-order valence-corrected chi connectivity index (χ0v) is 16.9. The van der Waals surface area contributed by atoms with E-state index in [0.717, 1.165) is 17.5 Å². The molecule has 5 rings (SSSR count). The summed E-state index contributed by atoms with van der Waals surface area (Å²) in [6.07, 6.45) is 9.12. The number of aromatic nitrogens is 3. The molecule has 150 valence electrons. The van der Waals surface area contributed by atoms with Crippen LogP contribution in [0.25, 0.3) is 22.8 Å². The Balaban J connectivity index is 1.78. The van der Waals surface area contributed by atoms with Crippen LogP contribution in [0.2, 0.25) is 0 Å². The highest BCUT2D eigenvalue weighted by Gasteiger charge is 2.35. The first-order chi connectivity index (χ1) is 15.3. The highest BCUT2D eigenvalue weighted by atomic mass is 16.3. The minimum absolute atomic E-state index is 0.145. The first kappa shape index (κ1) is 18.9. The van der Waals surface area contributed by atoms with Crippen molar-refractivity contribution in [1.82, 2.24) is 15.0 Å². The lowest BCUT2D eigenvalue weighted by molar-refractivity contribution is 0.476. The summed E-state index contributed by atoms with van der Waals surface area (Å²) in [5.41, 5.74) is 2.09. The third-order valence-electron chi connectivity index (χ3n) is 5.57. The van der Waals surface area contributed by atoms with E-state index >= 15 is 0 Å². The zero-order chi connectivity index (χ0) is 21.1. The summed E-state index contributed by atoms with van der Waals surface area (Å²) in [6.45, 7) is 0. The maximum Gasteiger partial charge on any atom is 0.167 e. The summed E-state index contributed by atoms with van der Waals surface area (Å²) in [6, 6.07) is 27.3. The molecule has 0 amide bonds. The first-order valence-electron chi connectivity index (χ1n) is 10.3. The Kier molecular flexibility index (Phi) is 4.89. The second-order valence-electron chi connectivity index (χ2n) is 7.52. The van der Waals surface area contributed by atoms with E-state index < -0.39 is 5.41 Å². The van der Waals surface area contributed by atoms with Gasteiger partial charge < -0.3 is 5.11 Å². The molecule has 0 aliphatic heterocycles. The molecule has 3 aromatic carbocycles. The molecule has 4 nitrogen and oxygen atoms in total. The molecule has 0 saturated heterocycles. The number of benzene rings is 3. The molecule has 1 heterocycles. The van der Waals surface area contributed by atoms with Gasteiger partial charge in [0.2, 0.25) is 0 Å². The van der Waals surface area contributed by atoms with Crippen molar-refractivity contribution < 1.29 is 5.11 Å². The predicted molar refractivity (Wildman–Crippen MR) is 122 cm³/mol. The molecule has 0 bridgehead atoms. The van der Waals surface area contributed by atoms with Gasteiger partial charge in [-0.2, -0.15) is 0 Å². The fraction of sp³-hybridized carbons (Fsp3) is 0.0741. The Morgan fingerprint density at radius 1 is 0.677 bits per heavy atom. The molecule has 31 heavy (non-hydrogen) atoms. The fourth-order valence-electron chi connectivity index (χ4n) is 3.94. The quantitative estimate of drug-likeness (QED) is 0.474. The minimum atomic E-state index is -0.512. The number of nitrogens with zero attached hydrogens (tertiary/aromatic N) is 3. The highest BCUT2D eigenvalue weighted by molar-refractivity contribution is 5.66. The lowest BCUT2D eigenvalue weighted by Gasteiger charge is -2.31. The first-order valence-corrected chi connectivity index (χ1v) is 10.3. The number of para-hydroxylation sites is 1. The van der Waals surface area contributed by atoms with Crippen molar-refractivity contribution in [1.29, 1.82) is 0 Å². The lowest BCUT2D eigenvalue weighted by atomic mass is 9.74. The van der Waals surface area contributed by atoms with Crippen LogP contribution in [-0.2, 0) is 5.41 Å². The van der Waals surface area contributed by atoms with Gasteiger partial charge in [-0.25, -0.2) is 15.0 Å². The Bertz CT molecular complexity index is 1270. The van der Waals surface area contributed by atoms with E-state index in [1.165, 1.54) is 0 Å². The van der Waals surface area contributed by atoms with E-state index in [-0.39, 0.29) is 5.75 Å². The Labute approximate surface area is 181 Å². The zero-order valence-electron chi connectivity index (χ0n) is 16.9. The maximum atomic E-state index is 10.5. The molecule has 4 heteroatoms. The molecular formula is C27H21N3O. The lowest BCUT2D eigenvalue weighted by Crippen LogP contribution is -2.29. The van der Waals surface area contributed by atoms with Gasteiger partial charge in [0.05, 0.1) is 11.0 Å². The van der Waals surface area contributed by atoms with Crippen LogP contribution in [0.4, 0.5) is 0 Å². The fourth-order valence-corrected chi connectivity index (χ4v) is 3.94. The monoisotopic (exact) mass is 403 g/mol. The molecule has 0 spiro atoms. The number of hydrogen-bond donors (Lipinski definition) is 1. The van der Waals surface area contributed by atoms with Gasteiger partial charge in [-0.1, -0.05) is 97.1 Å².